The number of benzene rings is 1. The summed E-state index contributed by atoms with van der Waals surface area (Å²) in [5.41, 5.74) is -0.0173. The van der Waals surface area contributed by atoms with Crippen LogP contribution in [0.15, 0.2) is 23.1 Å². The molecule has 5 aliphatic rings. The van der Waals surface area contributed by atoms with E-state index in [0.29, 0.717) is 24.7 Å². The second-order valence-electron chi connectivity index (χ2n) is 9.19. The topological polar surface area (TPSA) is 73.9 Å². The fraction of sp³-hybridized carbons (Fsp3) is 0.714. The van der Waals surface area contributed by atoms with Gasteiger partial charge in [0.05, 0.1) is 16.6 Å². The zero-order valence-corrected chi connectivity index (χ0v) is 17.2. The molecule has 0 saturated heterocycles. The summed E-state index contributed by atoms with van der Waals surface area (Å²) in [5.74, 6) is 3.50. The largest absolute Gasteiger partial charge is 0.486 e. The van der Waals surface area contributed by atoms with Crippen LogP contribution in [0.2, 0.25) is 0 Å². The van der Waals surface area contributed by atoms with Gasteiger partial charge in [0.1, 0.15) is 13.2 Å². The Hall–Kier alpha value is -1.31. The maximum atomic E-state index is 12.7. The van der Waals surface area contributed by atoms with Crippen LogP contribution in [0.1, 0.15) is 45.4 Å². The van der Waals surface area contributed by atoms with Gasteiger partial charge < -0.3 is 14.2 Å². The third-order valence-electron chi connectivity index (χ3n) is 6.82. The van der Waals surface area contributed by atoms with Crippen molar-refractivity contribution in [2.24, 2.45) is 17.8 Å². The van der Waals surface area contributed by atoms with E-state index in [1.807, 2.05) is 6.92 Å². The number of ether oxygens (including phenoxy) is 3. The van der Waals surface area contributed by atoms with E-state index >= 15 is 0 Å². The first-order chi connectivity index (χ1) is 13.4. The maximum absolute atomic E-state index is 12.7. The smallest absolute Gasteiger partial charge is 0.240 e. The van der Waals surface area contributed by atoms with E-state index in [1.165, 1.54) is 25.3 Å². The molecule has 1 aromatic carbocycles. The van der Waals surface area contributed by atoms with E-state index in [4.69, 9.17) is 14.2 Å². The van der Waals surface area contributed by atoms with E-state index in [2.05, 4.69) is 4.72 Å². The fourth-order valence-electron chi connectivity index (χ4n) is 6.15. The fourth-order valence-corrected chi connectivity index (χ4v) is 7.28. The molecule has 1 atom stereocenters. The van der Waals surface area contributed by atoms with Crippen molar-refractivity contribution in [1.82, 2.24) is 4.72 Å². The molecule has 1 heterocycles. The van der Waals surface area contributed by atoms with Gasteiger partial charge in [-0.05, 0) is 75.3 Å². The van der Waals surface area contributed by atoms with Crippen molar-refractivity contribution in [2.75, 3.05) is 19.8 Å². The van der Waals surface area contributed by atoms with E-state index in [0.717, 1.165) is 37.0 Å². The highest BCUT2D eigenvalue weighted by atomic mass is 32.2. The molecule has 0 spiro atoms. The van der Waals surface area contributed by atoms with Crippen LogP contribution in [0.5, 0.6) is 11.5 Å². The second-order valence-corrected chi connectivity index (χ2v) is 11.0. The van der Waals surface area contributed by atoms with E-state index < -0.39 is 10.0 Å². The predicted molar refractivity (Wildman–Crippen MR) is 104 cm³/mol. The molecule has 4 bridgehead atoms. The minimum absolute atomic E-state index is 0.0173. The van der Waals surface area contributed by atoms with Crippen LogP contribution >= 0.6 is 0 Å². The van der Waals surface area contributed by atoms with Gasteiger partial charge in [0.25, 0.3) is 0 Å². The molecule has 4 fully saturated rings. The lowest BCUT2D eigenvalue weighted by Gasteiger charge is -2.57. The minimum atomic E-state index is -3.62. The number of fused-ring (bicyclic) bond motifs is 1. The Morgan fingerprint density at radius 3 is 2.32 bits per heavy atom. The molecule has 6 nitrogen and oxygen atoms in total. The third-order valence-corrected chi connectivity index (χ3v) is 8.24. The third kappa shape index (κ3) is 3.53. The Balaban J connectivity index is 1.22. The molecule has 28 heavy (non-hydrogen) atoms. The first-order valence-electron chi connectivity index (χ1n) is 10.5. The van der Waals surface area contributed by atoms with Gasteiger partial charge in [0.2, 0.25) is 10.0 Å². The van der Waals surface area contributed by atoms with E-state index in [-0.39, 0.29) is 23.1 Å². The van der Waals surface area contributed by atoms with Crippen LogP contribution in [0.25, 0.3) is 0 Å². The van der Waals surface area contributed by atoms with Crippen LogP contribution < -0.4 is 14.2 Å². The summed E-state index contributed by atoms with van der Waals surface area (Å²) in [4.78, 5) is 0.193. The second kappa shape index (κ2) is 6.89. The molecule has 154 valence electrons. The first-order valence-corrected chi connectivity index (χ1v) is 12.0. The number of hydrogen-bond acceptors (Lipinski definition) is 5. The van der Waals surface area contributed by atoms with Gasteiger partial charge in [-0.15, -0.1) is 0 Å². The normalized spacial score (nSPS) is 34.4. The Morgan fingerprint density at radius 2 is 1.68 bits per heavy atom. The van der Waals surface area contributed by atoms with Crippen LogP contribution in [0, 0.1) is 17.8 Å². The molecule has 0 amide bonds. The summed E-state index contributed by atoms with van der Waals surface area (Å²) in [6.07, 6.45) is 7.41. The van der Waals surface area contributed by atoms with Gasteiger partial charge in [-0.3, -0.25) is 0 Å². The lowest BCUT2D eigenvalue weighted by Crippen LogP contribution is -2.53. The number of rotatable bonds is 6. The van der Waals surface area contributed by atoms with Crippen LogP contribution in [-0.2, 0) is 14.8 Å². The highest BCUT2D eigenvalue weighted by Gasteiger charge is 2.52. The molecule has 1 aliphatic heterocycles. The highest BCUT2D eigenvalue weighted by Crippen LogP contribution is 2.57. The standard InChI is InChI=1S/C21H29NO5S/c1-14(27-21-10-15-6-16(11-21)8-17(7-15)12-21)13-22-28(23,24)18-2-3-19-20(9-18)26-5-4-25-19/h2-3,9,14-17,22H,4-8,10-13H2,1H3/t14-,15?,16?,17?,21?/m0/s1. The van der Waals surface area contributed by atoms with Gasteiger partial charge in [-0.1, -0.05) is 0 Å². The van der Waals surface area contributed by atoms with Crippen molar-refractivity contribution < 1.29 is 22.6 Å². The lowest BCUT2D eigenvalue weighted by molar-refractivity contribution is -0.182. The van der Waals surface area contributed by atoms with Crippen molar-refractivity contribution in [2.45, 2.75) is 62.0 Å². The first kappa shape index (κ1) is 18.7. The van der Waals surface area contributed by atoms with Crippen molar-refractivity contribution in [1.29, 1.82) is 0 Å². The summed E-state index contributed by atoms with van der Waals surface area (Å²) < 4.78 is 45.6. The number of sulfonamides is 1. The summed E-state index contributed by atoms with van der Waals surface area (Å²) >= 11 is 0. The van der Waals surface area contributed by atoms with Crippen molar-refractivity contribution in [3.8, 4) is 11.5 Å². The molecule has 0 radical (unpaired) electrons. The van der Waals surface area contributed by atoms with Gasteiger partial charge in [0.15, 0.2) is 11.5 Å². The average molecular weight is 408 g/mol. The van der Waals surface area contributed by atoms with Gasteiger partial charge in [0, 0.05) is 12.6 Å². The highest BCUT2D eigenvalue weighted by molar-refractivity contribution is 7.89. The molecule has 7 heteroatoms. The monoisotopic (exact) mass is 407 g/mol. The Labute approximate surface area is 167 Å². The van der Waals surface area contributed by atoms with Crippen molar-refractivity contribution >= 4 is 10.0 Å². The summed E-state index contributed by atoms with van der Waals surface area (Å²) in [5, 5.41) is 0. The molecule has 4 saturated carbocycles. The van der Waals surface area contributed by atoms with E-state index in [9.17, 15) is 8.42 Å². The summed E-state index contributed by atoms with van der Waals surface area (Å²) in [6, 6.07) is 4.74. The average Bonchev–Trinajstić information content (AvgIpc) is 2.64. The molecule has 1 N–H and O–H groups in total. The maximum Gasteiger partial charge on any atom is 0.240 e. The molecular weight excluding hydrogens is 378 g/mol. The zero-order chi connectivity index (χ0) is 19.4. The van der Waals surface area contributed by atoms with Gasteiger partial charge in [-0.2, -0.15) is 0 Å². The van der Waals surface area contributed by atoms with Gasteiger partial charge in [-0.25, -0.2) is 13.1 Å². The number of nitrogens with one attached hydrogen (secondary N) is 1. The molecular formula is C21H29NO5S. The minimum Gasteiger partial charge on any atom is -0.486 e. The predicted octanol–water partition coefficient (Wildman–Crippen LogP) is 3.11. The van der Waals surface area contributed by atoms with Crippen molar-refractivity contribution in [3.05, 3.63) is 18.2 Å². The summed E-state index contributed by atoms with van der Waals surface area (Å²) in [7, 11) is -3.62. The summed E-state index contributed by atoms with van der Waals surface area (Å²) in [6.45, 7) is 3.17. The SMILES string of the molecule is C[C@@H](CNS(=O)(=O)c1ccc2c(c1)OCCO2)OC12CC3CC(CC(C3)C1)C2. The van der Waals surface area contributed by atoms with Crippen molar-refractivity contribution in [3.63, 3.8) is 0 Å². The van der Waals surface area contributed by atoms with Crippen LogP contribution in [-0.4, -0.2) is 39.9 Å². The van der Waals surface area contributed by atoms with Crippen LogP contribution in [0.3, 0.4) is 0 Å². The number of hydrogen-bond donors (Lipinski definition) is 1. The van der Waals surface area contributed by atoms with E-state index in [1.54, 1.807) is 12.1 Å². The van der Waals surface area contributed by atoms with Gasteiger partial charge >= 0.3 is 0 Å². The molecule has 4 aliphatic carbocycles. The molecule has 0 unspecified atom stereocenters. The lowest BCUT2D eigenvalue weighted by atomic mass is 9.54. The Morgan fingerprint density at radius 1 is 1.07 bits per heavy atom. The zero-order valence-electron chi connectivity index (χ0n) is 16.4. The van der Waals surface area contributed by atoms with Crippen LogP contribution in [0.4, 0.5) is 0 Å². The molecule has 1 aromatic rings. The molecule has 0 aromatic heterocycles. The Bertz CT molecular complexity index is 817. The molecule has 6 rings (SSSR count). The quantitative estimate of drug-likeness (QED) is 0.784. The Kier molecular flexibility index (Phi) is 4.60.